The number of aromatic nitrogens is 2. The third-order valence-corrected chi connectivity index (χ3v) is 5.51. The van der Waals surface area contributed by atoms with E-state index < -0.39 is 0 Å². The van der Waals surface area contributed by atoms with E-state index in [1.54, 1.807) is 17.3 Å². The molecule has 5 rings (SSSR count). The lowest BCUT2D eigenvalue weighted by Gasteiger charge is -2.16. The standard InChI is InChI=1S/C23H22N6O2/c30-22-2-1-10-28(22)19-6-3-16(4-7-19)17-5-8-21(26-13-17)27-18-12-20(15-24-14-18)29-11-9-25-23(29)31/h3-8,12-15H,1-2,9-11H2,(H,25,31)(H,26,27). The van der Waals surface area contributed by atoms with Gasteiger partial charge in [0.25, 0.3) is 0 Å². The molecule has 2 aromatic heterocycles. The van der Waals surface area contributed by atoms with Crippen molar-refractivity contribution in [3.05, 3.63) is 61.1 Å². The molecule has 0 unspecified atom stereocenters. The molecule has 0 spiro atoms. The molecule has 0 bridgehead atoms. The summed E-state index contributed by atoms with van der Waals surface area (Å²) in [7, 11) is 0. The van der Waals surface area contributed by atoms with Crippen molar-refractivity contribution in [1.29, 1.82) is 0 Å². The molecule has 8 nitrogen and oxygen atoms in total. The molecule has 0 saturated carbocycles. The highest BCUT2D eigenvalue weighted by atomic mass is 16.2. The molecule has 2 aliphatic heterocycles. The van der Waals surface area contributed by atoms with Gasteiger partial charge in [-0.25, -0.2) is 9.78 Å². The van der Waals surface area contributed by atoms with Crippen LogP contribution < -0.4 is 20.4 Å². The molecule has 4 heterocycles. The lowest BCUT2D eigenvalue weighted by Crippen LogP contribution is -2.27. The van der Waals surface area contributed by atoms with Gasteiger partial charge in [0.1, 0.15) is 5.82 Å². The summed E-state index contributed by atoms with van der Waals surface area (Å²) in [6.45, 7) is 2.05. The normalized spacial score (nSPS) is 16.0. The Labute approximate surface area is 179 Å². The first-order chi connectivity index (χ1) is 15.2. The summed E-state index contributed by atoms with van der Waals surface area (Å²) in [4.78, 5) is 36.0. The number of urea groups is 1. The van der Waals surface area contributed by atoms with E-state index in [0.29, 0.717) is 25.3 Å². The van der Waals surface area contributed by atoms with E-state index >= 15 is 0 Å². The van der Waals surface area contributed by atoms with E-state index in [2.05, 4.69) is 20.6 Å². The van der Waals surface area contributed by atoms with Crippen molar-refractivity contribution >= 4 is 34.8 Å². The van der Waals surface area contributed by atoms with Crippen LogP contribution in [0, 0.1) is 0 Å². The number of benzene rings is 1. The van der Waals surface area contributed by atoms with E-state index in [0.717, 1.165) is 41.2 Å². The molecule has 156 valence electrons. The first-order valence-electron chi connectivity index (χ1n) is 10.3. The number of pyridine rings is 2. The minimum absolute atomic E-state index is 0.110. The van der Waals surface area contributed by atoms with Crippen LogP contribution >= 0.6 is 0 Å². The summed E-state index contributed by atoms with van der Waals surface area (Å²) >= 11 is 0. The average molecular weight is 414 g/mol. The third-order valence-electron chi connectivity index (χ3n) is 5.51. The van der Waals surface area contributed by atoms with Gasteiger partial charge in [0.05, 0.1) is 23.8 Å². The van der Waals surface area contributed by atoms with Gasteiger partial charge in [0.2, 0.25) is 5.91 Å². The topological polar surface area (TPSA) is 90.5 Å². The molecule has 0 aliphatic carbocycles. The van der Waals surface area contributed by atoms with Crippen LogP contribution in [-0.2, 0) is 4.79 Å². The number of anilines is 4. The Kier molecular flexibility index (Phi) is 4.95. The van der Waals surface area contributed by atoms with Gasteiger partial charge in [0, 0.05) is 43.5 Å². The summed E-state index contributed by atoms with van der Waals surface area (Å²) in [5.41, 5.74) is 4.48. The van der Waals surface area contributed by atoms with Gasteiger partial charge in [-0.2, -0.15) is 0 Å². The third kappa shape index (κ3) is 3.92. The van der Waals surface area contributed by atoms with Crippen molar-refractivity contribution in [2.45, 2.75) is 12.8 Å². The van der Waals surface area contributed by atoms with Gasteiger partial charge in [-0.3, -0.25) is 14.7 Å². The second kappa shape index (κ2) is 8.06. The second-order valence-corrected chi connectivity index (χ2v) is 7.57. The van der Waals surface area contributed by atoms with Gasteiger partial charge >= 0.3 is 6.03 Å². The van der Waals surface area contributed by atoms with Crippen LogP contribution in [0.25, 0.3) is 11.1 Å². The Morgan fingerprint density at radius 1 is 0.871 bits per heavy atom. The number of hydrogen-bond donors (Lipinski definition) is 2. The van der Waals surface area contributed by atoms with Crippen LogP contribution in [0.2, 0.25) is 0 Å². The molecule has 2 aliphatic rings. The Morgan fingerprint density at radius 3 is 2.39 bits per heavy atom. The number of amides is 3. The number of nitrogens with zero attached hydrogens (tertiary/aromatic N) is 4. The van der Waals surface area contributed by atoms with Gasteiger partial charge < -0.3 is 15.5 Å². The largest absolute Gasteiger partial charge is 0.339 e. The van der Waals surface area contributed by atoms with Crippen LogP contribution in [0.3, 0.4) is 0 Å². The fourth-order valence-electron chi connectivity index (χ4n) is 3.90. The summed E-state index contributed by atoms with van der Waals surface area (Å²) in [6.07, 6.45) is 6.73. The Morgan fingerprint density at radius 2 is 1.71 bits per heavy atom. The highest BCUT2D eigenvalue weighted by Gasteiger charge is 2.22. The minimum Gasteiger partial charge on any atom is -0.339 e. The molecule has 2 saturated heterocycles. The zero-order valence-electron chi connectivity index (χ0n) is 16.9. The SMILES string of the molecule is O=C1CCCN1c1ccc(-c2ccc(Nc3cncc(N4CCNC4=O)c3)nc2)cc1. The number of carbonyl (C=O) groups is 2. The first kappa shape index (κ1) is 19.0. The monoisotopic (exact) mass is 414 g/mol. The van der Waals surface area contributed by atoms with Crippen molar-refractivity contribution in [2.75, 3.05) is 34.8 Å². The van der Waals surface area contributed by atoms with Crippen LogP contribution in [0.5, 0.6) is 0 Å². The number of carbonyl (C=O) groups excluding carboxylic acids is 2. The smallest absolute Gasteiger partial charge is 0.322 e. The highest BCUT2D eigenvalue weighted by Crippen LogP contribution is 2.27. The van der Waals surface area contributed by atoms with Gasteiger partial charge in [0.15, 0.2) is 0 Å². The molecule has 3 amide bonds. The summed E-state index contributed by atoms with van der Waals surface area (Å²) in [5.74, 6) is 0.877. The summed E-state index contributed by atoms with van der Waals surface area (Å²) < 4.78 is 0. The van der Waals surface area contributed by atoms with E-state index in [1.165, 1.54) is 0 Å². The van der Waals surface area contributed by atoms with E-state index in [1.807, 2.05) is 53.6 Å². The predicted molar refractivity (Wildman–Crippen MR) is 120 cm³/mol. The van der Waals surface area contributed by atoms with E-state index in [9.17, 15) is 9.59 Å². The van der Waals surface area contributed by atoms with Crippen LogP contribution in [0.15, 0.2) is 61.1 Å². The first-order valence-corrected chi connectivity index (χ1v) is 10.3. The van der Waals surface area contributed by atoms with Crippen molar-refractivity contribution in [1.82, 2.24) is 15.3 Å². The number of nitrogens with one attached hydrogen (secondary N) is 2. The van der Waals surface area contributed by atoms with Crippen LogP contribution in [-0.4, -0.2) is 41.5 Å². The quantitative estimate of drug-likeness (QED) is 0.666. The van der Waals surface area contributed by atoms with Crippen molar-refractivity contribution in [3.8, 4) is 11.1 Å². The van der Waals surface area contributed by atoms with Gasteiger partial charge in [-0.05, 0) is 42.3 Å². The van der Waals surface area contributed by atoms with E-state index in [4.69, 9.17) is 0 Å². The molecule has 0 radical (unpaired) electrons. The molecule has 3 aromatic rings. The second-order valence-electron chi connectivity index (χ2n) is 7.57. The molecule has 2 fully saturated rings. The fourth-order valence-corrected chi connectivity index (χ4v) is 3.90. The van der Waals surface area contributed by atoms with Gasteiger partial charge in [-0.15, -0.1) is 0 Å². The minimum atomic E-state index is -0.110. The summed E-state index contributed by atoms with van der Waals surface area (Å²) in [5, 5.41) is 6.02. The van der Waals surface area contributed by atoms with Crippen molar-refractivity contribution in [2.24, 2.45) is 0 Å². The number of hydrogen-bond acceptors (Lipinski definition) is 5. The predicted octanol–water partition coefficient (Wildman–Crippen LogP) is 3.54. The fraction of sp³-hybridized carbons (Fsp3) is 0.217. The molecular formula is C23H22N6O2. The lowest BCUT2D eigenvalue weighted by atomic mass is 10.1. The van der Waals surface area contributed by atoms with E-state index in [-0.39, 0.29) is 11.9 Å². The lowest BCUT2D eigenvalue weighted by molar-refractivity contribution is -0.117. The number of rotatable bonds is 5. The zero-order valence-corrected chi connectivity index (χ0v) is 16.9. The Bertz CT molecular complexity index is 1110. The summed E-state index contributed by atoms with van der Waals surface area (Å²) in [6, 6.07) is 13.7. The molecule has 31 heavy (non-hydrogen) atoms. The Balaban J connectivity index is 1.28. The zero-order chi connectivity index (χ0) is 21.2. The highest BCUT2D eigenvalue weighted by molar-refractivity contribution is 5.95. The van der Waals surface area contributed by atoms with Crippen LogP contribution in [0.1, 0.15) is 12.8 Å². The van der Waals surface area contributed by atoms with Crippen molar-refractivity contribution < 1.29 is 9.59 Å². The molecule has 2 N–H and O–H groups in total. The maximum atomic E-state index is 11.9. The molecular weight excluding hydrogens is 392 g/mol. The average Bonchev–Trinajstić information content (AvgIpc) is 3.43. The maximum Gasteiger partial charge on any atom is 0.322 e. The Hall–Kier alpha value is -3.94. The van der Waals surface area contributed by atoms with Crippen LogP contribution in [0.4, 0.5) is 27.7 Å². The van der Waals surface area contributed by atoms with Crippen molar-refractivity contribution in [3.63, 3.8) is 0 Å². The molecule has 0 atom stereocenters. The molecule has 1 aromatic carbocycles. The maximum absolute atomic E-state index is 11.9. The molecule has 8 heteroatoms. The van der Waals surface area contributed by atoms with Gasteiger partial charge in [-0.1, -0.05) is 12.1 Å².